The van der Waals surface area contributed by atoms with E-state index >= 15 is 0 Å². The molecule has 0 saturated heterocycles. The molecule has 0 unspecified atom stereocenters. The smallest absolute Gasteiger partial charge is 0.372 e. The van der Waals surface area contributed by atoms with Gasteiger partial charge in [0.05, 0.1) is 0 Å². The number of ether oxygens (including phenoxy) is 1. The lowest BCUT2D eigenvalue weighted by molar-refractivity contribution is -0.278. The van der Waals surface area contributed by atoms with Crippen molar-refractivity contribution >= 4 is 0 Å². The number of aromatic nitrogens is 2. The predicted octanol–water partition coefficient (Wildman–Crippen LogP) is 1.32. The number of nitrogens with zero attached hydrogens (tertiary/aromatic N) is 2. The van der Waals surface area contributed by atoms with E-state index in [1.807, 2.05) is 0 Å². The molecule has 1 aromatic heterocycles. The molecule has 1 heterocycles. The van der Waals surface area contributed by atoms with Crippen LogP contribution >= 0.6 is 0 Å². The maximum absolute atomic E-state index is 11.5. The molecule has 6 heteroatoms. The molecule has 0 saturated carbocycles. The topological polar surface area (TPSA) is 27.1 Å². The minimum absolute atomic E-state index is 0.461. The van der Waals surface area contributed by atoms with Crippen LogP contribution in [-0.4, -0.2) is 15.9 Å². The van der Waals surface area contributed by atoms with Crippen molar-refractivity contribution in [2.45, 2.75) is 6.36 Å². The van der Waals surface area contributed by atoms with E-state index in [1.165, 1.54) is 19.4 Å². The summed E-state index contributed by atoms with van der Waals surface area (Å²) in [7, 11) is 1.41. The van der Waals surface area contributed by atoms with Crippen LogP contribution in [0.3, 0.4) is 0 Å². The summed E-state index contributed by atoms with van der Waals surface area (Å²) in [5.74, 6) is 0. The SMILES string of the molecule is Cn1ccnc1OC(F)(F)F. The van der Waals surface area contributed by atoms with Gasteiger partial charge in [0.15, 0.2) is 0 Å². The van der Waals surface area contributed by atoms with Crippen molar-refractivity contribution < 1.29 is 17.9 Å². The molecule has 1 rings (SSSR count). The minimum atomic E-state index is -4.67. The molecule has 62 valence electrons. The molecule has 11 heavy (non-hydrogen) atoms. The first-order valence-corrected chi connectivity index (χ1v) is 2.72. The maximum atomic E-state index is 11.5. The maximum Gasteiger partial charge on any atom is 0.575 e. The van der Waals surface area contributed by atoms with Gasteiger partial charge in [0, 0.05) is 19.4 Å². The Morgan fingerprint density at radius 1 is 1.55 bits per heavy atom. The number of halogens is 3. The largest absolute Gasteiger partial charge is 0.575 e. The second-order valence-corrected chi connectivity index (χ2v) is 1.87. The first kappa shape index (κ1) is 7.90. The third-order valence-electron chi connectivity index (χ3n) is 0.984. The number of hydrogen-bond acceptors (Lipinski definition) is 2. The molecule has 0 aromatic carbocycles. The summed E-state index contributed by atoms with van der Waals surface area (Å²) in [6, 6.07) is -0.461. The van der Waals surface area contributed by atoms with Crippen LogP contribution in [-0.2, 0) is 7.05 Å². The highest BCUT2D eigenvalue weighted by atomic mass is 19.4. The summed E-state index contributed by atoms with van der Waals surface area (Å²) in [6.45, 7) is 0. The Kier molecular flexibility index (Phi) is 1.76. The number of hydrogen-bond donors (Lipinski definition) is 0. The molecule has 0 aliphatic carbocycles. The van der Waals surface area contributed by atoms with E-state index in [1.54, 1.807) is 0 Å². The minimum Gasteiger partial charge on any atom is -0.372 e. The normalized spacial score (nSPS) is 11.6. The van der Waals surface area contributed by atoms with Gasteiger partial charge >= 0.3 is 12.4 Å². The van der Waals surface area contributed by atoms with Crippen LogP contribution in [0.1, 0.15) is 0 Å². The standard InChI is InChI=1S/C5H5F3N2O/c1-10-3-2-9-4(10)11-5(6,7)8/h2-3H,1H3. The van der Waals surface area contributed by atoms with E-state index in [0.717, 1.165) is 4.57 Å². The van der Waals surface area contributed by atoms with Gasteiger partial charge in [-0.05, 0) is 0 Å². The molecule has 0 fully saturated rings. The number of alkyl halides is 3. The fraction of sp³-hybridized carbons (Fsp3) is 0.400. The van der Waals surface area contributed by atoms with Crippen LogP contribution in [0.25, 0.3) is 0 Å². The summed E-state index contributed by atoms with van der Waals surface area (Å²) in [5.41, 5.74) is 0. The molecule has 1 aromatic rings. The zero-order valence-electron chi connectivity index (χ0n) is 5.59. The van der Waals surface area contributed by atoms with Gasteiger partial charge in [-0.15, -0.1) is 13.2 Å². The van der Waals surface area contributed by atoms with E-state index in [2.05, 4.69) is 9.72 Å². The highest BCUT2D eigenvalue weighted by Crippen LogP contribution is 2.19. The Balaban J connectivity index is 2.72. The van der Waals surface area contributed by atoms with E-state index in [0.29, 0.717) is 0 Å². The number of imidazole rings is 1. The highest BCUT2D eigenvalue weighted by Gasteiger charge is 2.32. The van der Waals surface area contributed by atoms with Crippen molar-refractivity contribution in [2.75, 3.05) is 0 Å². The van der Waals surface area contributed by atoms with Crippen molar-refractivity contribution in [3.8, 4) is 6.01 Å². The Morgan fingerprint density at radius 2 is 2.18 bits per heavy atom. The van der Waals surface area contributed by atoms with E-state index in [4.69, 9.17) is 0 Å². The third kappa shape index (κ3) is 2.14. The average molecular weight is 166 g/mol. The Labute approximate surface area is 60.4 Å². The molecule has 3 nitrogen and oxygen atoms in total. The van der Waals surface area contributed by atoms with Crippen LogP contribution in [0.2, 0.25) is 0 Å². The van der Waals surface area contributed by atoms with Crippen molar-refractivity contribution in [3.63, 3.8) is 0 Å². The second-order valence-electron chi connectivity index (χ2n) is 1.87. The highest BCUT2D eigenvalue weighted by molar-refractivity contribution is 4.96. The van der Waals surface area contributed by atoms with E-state index < -0.39 is 12.4 Å². The summed E-state index contributed by atoms with van der Waals surface area (Å²) < 4.78 is 39.2. The van der Waals surface area contributed by atoms with Gasteiger partial charge in [0.25, 0.3) is 0 Å². The molecule has 0 radical (unpaired) electrons. The van der Waals surface area contributed by atoms with E-state index in [-0.39, 0.29) is 0 Å². The fourth-order valence-electron chi connectivity index (χ4n) is 0.554. The molecule has 0 amide bonds. The first-order valence-electron chi connectivity index (χ1n) is 2.72. The average Bonchev–Trinajstić information content (AvgIpc) is 2.12. The van der Waals surface area contributed by atoms with Gasteiger partial charge < -0.3 is 9.30 Å². The first-order chi connectivity index (χ1) is 4.99. The lowest BCUT2D eigenvalue weighted by Gasteiger charge is -2.06. The lowest BCUT2D eigenvalue weighted by Crippen LogP contribution is -2.19. The molecule has 0 aliphatic rings. The molecule has 0 aliphatic heterocycles. The fourth-order valence-corrected chi connectivity index (χ4v) is 0.554. The summed E-state index contributed by atoms with van der Waals surface area (Å²) in [5, 5.41) is 0. The lowest BCUT2D eigenvalue weighted by atomic mass is 10.9. The Morgan fingerprint density at radius 3 is 2.55 bits per heavy atom. The van der Waals surface area contributed by atoms with Gasteiger partial charge in [-0.1, -0.05) is 0 Å². The summed E-state index contributed by atoms with van der Waals surface area (Å²) in [4.78, 5) is 3.32. The van der Waals surface area contributed by atoms with Crippen LogP contribution < -0.4 is 4.74 Å². The number of rotatable bonds is 1. The molecule has 0 spiro atoms. The molecule has 0 bridgehead atoms. The predicted molar refractivity (Wildman–Crippen MR) is 29.9 cm³/mol. The van der Waals surface area contributed by atoms with Gasteiger partial charge in [0.1, 0.15) is 0 Å². The van der Waals surface area contributed by atoms with Gasteiger partial charge in [-0.2, -0.15) is 0 Å². The zero-order valence-corrected chi connectivity index (χ0v) is 5.59. The Bertz CT molecular complexity index is 242. The summed E-state index contributed by atoms with van der Waals surface area (Å²) >= 11 is 0. The molecular formula is C5H5F3N2O. The van der Waals surface area contributed by atoms with Crippen LogP contribution in [0.5, 0.6) is 6.01 Å². The van der Waals surface area contributed by atoms with Crippen molar-refractivity contribution in [2.24, 2.45) is 7.05 Å². The Hall–Kier alpha value is -1.20. The van der Waals surface area contributed by atoms with E-state index in [9.17, 15) is 13.2 Å². The van der Waals surface area contributed by atoms with Crippen molar-refractivity contribution in [3.05, 3.63) is 12.4 Å². The molecule has 0 N–H and O–H groups in total. The quantitative estimate of drug-likeness (QED) is 0.629. The van der Waals surface area contributed by atoms with Crippen LogP contribution in [0.15, 0.2) is 12.4 Å². The summed E-state index contributed by atoms with van der Waals surface area (Å²) in [6.07, 6.45) is -2.08. The second kappa shape index (κ2) is 2.44. The molecular weight excluding hydrogens is 161 g/mol. The van der Waals surface area contributed by atoms with Crippen molar-refractivity contribution in [1.29, 1.82) is 0 Å². The van der Waals surface area contributed by atoms with Crippen LogP contribution in [0, 0.1) is 0 Å². The monoisotopic (exact) mass is 166 g/mol. The van der Waals surface area contributed by atoms with Gasteiger partial charge in [-0.25, -0.2) is 4.98 Å². The van der Waals surface area contributed by atoms with Gasteiger partial charge in [-0.3, -0.25) is 0 Å². The third-order valence-corrected chi connectivity index (χ3v) is 0.984. The van der Waals surface area contributed by atoms with Gasteiger partial charge in [0.2, 0.25) is 0 Å². The molecule has 0 atom stereocenters. The zero-order chi connectivity index (χ0) is 8.48. The van der Waals surface area contributed by atoms with Crippen molar-refractivity contribution in [1.82, 2.24) is 9.55 Å². The van der Waals surface area contributed by atoms with Crippen LogP contribution in [0.4, 0.5) is 13.2 Å². The number of aryl methyl sites for hydroxylation is 1.